The van der Waals surface area contributed by atoms with Crippen LogP contribution in [0.3, 0.4) is 0 Å². The monoisotopic (exact) mass is 629 g/mol. The normalized spacial score (nSPS) is 27.7. The van der Waals surface area contributed by atoms with Crippen LogP contribution >= 0.6 is 0 Å². The lowest BCUT2D eigenvalue weighted by Gasteiger charge is -2.39. The standard InChI is InChI=1S/C37H47N3O6/c1-6-20-38(25-27-14-10-8-11-15-27)33(42)30-31-34(43)40(22-12-9-13-23-41)32(37(31)24-26(3)36(30,4)46-37)35(44)39(21-7-2)28-16-18-29(45-5)19-17-28/h6-8,10-11,14-19,26,30-32,41H,1-2,9,12-13,20-25H2,3-5H3/t26?,30-,31+,32?,36+,37?/m1/s1. The molecule has 9 heteroatoms. The number of amides is 3. The lowest BCUT2D eigenvalue weighted by molar-refractivity contribution is -0.151. The Bertz CT molecular complexity index is 1430. The van der Waals surface area contributed by atoms with Gasteiger partial charge in [0.2, 0.25) is 11.8 Å². The van der Waals surface area contributed by atoms with Gasteiger partial charge in [0.25, 0.3) is 5.91 Å². The molecule has 0 radical (unpaired) electrons. The molecule has 3 fully saturated rings. The largest absolute Gasteiger partial charge is 0.497 e. The van der Waals surface area contributed by atoms with Crippen LogP contribution in [0.4, 0.5) is 5.69 Å². The molecule has 1 N–H and O–H groups in total. The number of fused-ring (bicyclic) bond motifs is 1. The average Bonchev–Trinajstić information content (AvgIpc) is 3.57. The van der Waals surface area contributed by atoms with Crippen molar-refractivity contribution in [3.63, 3.8) is 0 Å². The number of methoxy groups -OCH3 is 1. The van der Waals surface area contributed by atoms with Crippen LogP contribution in [-0.2, 0) is 25.7 Å². The molecule has 6 atom stereocenters. The molecule has 246 valence electrons. The summed E-state index contributed by atoms with van der Waals surface area (Å²) in [5, 5.41) is 9.39. The van der Waals surface area contributed by atoms with Crippen molar-refractivity contribution < 1.29 is 29.0 Å². The van der Waals surface area contributed by atoms with Crippen molar-refractivity contribution in [1.29, 1.82) is 0 Å². The third-order valence-corrected chi connectivity index (χ3v) is 10.2. The molecule has 5 rings (SSSR count). The number of nitrogens with zero attached hydrogens (tertiary/aromatic N) is 3. The van der Waals surface area contributed by atoms with Gasteiger partial charge in [-0.15, -0.1) is 13.2 Å². The Hall–Kier alpha value is -3.95. The van der Waals surface area contributed by atoms with Crippen LogP contribution in [0.25, 0.3) is 0 Å². The van der Waals surface area contributed by atoms with Gasteiger partial charge in [0.15, 0.2) is 0 Å². The highest BCUT2D eigenvalue weighted by atomic mass is 16.5. The number of hydrogen-bond acceptors (Lipinski definition) is 6. The van der Waals surface area contributed by atoms with E-state index in [2.05, 4.69) is 20.1 Å². The zero-order valence-electron chi connectivity index (χ0n) is 27.3. The third-order valence-electron chi connectivity index (χ3n) is 10.2. The van der Waals surface area contributed by atoms with Crippen LogP contribution in [0, 0.1) is 17.8 Å². The van der Waals surface area contributed by atoms with E-state index in [1.54, 1.807) is 46.1 Å². The number of aliphatic hydroxyl groups excluding tert-OH is 1. The summed E-state index contributed by atoms with van der Waals surface area (Å²) in [5.41, 5.74) is -0.473. The summed E-state index contributed by atoms with van der Waals surface area (Å²) in [6, 6.07) is 16.1. The van der Waals surface area contributed by atoms with Gasteiger partial charge in [0.05, 0.1) is 24.5 Å². The first kappa shape index (κ1) is 33.4. The van der Waals surface area contributed by atoms with Gasteiger partial charge < -0.3 is 29.3 Å². The molecule has 3 heterocycles. The number of carbonyl (C=O) groups is 3. The molecule has 3 aliphatic rings. The first-order chi connectivity index (χ1) is 22.2. The zero-order valence-corrected chi connectivity index (χ0v) is 27.3. The fraction of sp³-hybridized carbons (Fsp3) is 0.486. The summed E-state index contributed by atoms with van der Waals surface area (Å²) >= 11 is 0. The molecule has 1 spiro atoms. The smallest absolute Gasteiger partial charge is 0.253 e. The van der Waals surface area contributed by atoms with Gasteiger partial charge in [0.1, 0.15) is 17.4 Å². The van der Waals surface area contributed by atoms with Gasteiger partial charge in [-0.1, -0.05) is 49.4 Å². The minimum absolute atomic E-state index is 0.0591. The van der Waals surface area contributed by atoms with E-state index in [9.17, 15) is 19.5 Å². The molecular weight excluding hydrogens is 582 g/mol. The predicted molar refractivity (Wildman–Crippen MR) is 177 cm³/mol. The van der Waals surface area contributed by atoms with Crippen molar-refractivity contribution in [2.75, 3.05) is 38.3 Å². The van der Waals surface area contributed by atoms with Crippen LogP contribution in [0.5, 0.6) is 5.75 Å². The first-order valence-corrected chi connectivity index (χ1v) is 16.3. The quantitative estimate of drug-likeness (QED) is 0.228. The number of rotatable bonds is 15. The van der Waals surface area contributed by atoms with Gasteiger partial charge in [-0.05, 0) is 68.4 Å². The maximum absolute atomic E-state index is 14.8. The summed E-state index contributed by atoms with van der Waals surface area (Å²) < 4.78 is 12.3. The van der Waals surface area contributed by atoms with Crippen LogP contribution < -0.4 is 9.64 Å². The number of carbonyl (C=O) groups excluding carboxylic acids is 3. The summed E-state index contributed by atoms with van der Waals surface area (Å²) in [5.74, 6) is -1.63. The van der Waals surface area contributed by atoms with Crippen LogP contribution in [0.2, 0.25) is 0 Å². The fourth-order valence-electron chi connectivity index (χ4n) is 7.96. The highest BCUT2D eigenvalue weighted by molar-refractivity contribution is 6.05. The lowest BCUT2D eigenvalue weighted by Crippen LogP contribution is -2.57. The molecule has 2 bridgehead atoms. The molecule has 3 saturated heterocycles. The van der Waals surface area contributed by atoms with Crippen LogP contribution in [0.15, 0.2) is 79.9 Å². The Kier molecular flexibility index (Phi) is 10.0. The second kappa shape index (κ2) is 13.8. The molecule has 0 aromatic heterocycles. The predicted octanol–water partition coefficient (Wildman–Crippen LogP) is 4.60. The molecule has 0 aliphatic carbocycles. The summed E-state index contributed by atoms with van der Waals surface area (Å²) in [6.07, 6.45) is 5.78. The van der Waals surface area contributed by atoms with E-state index in [0.29, 0.717) is 56.8 Å². The number of benzene rings is 2. The first-order valence-electron chi connectivity index (χ1n) is 16.3. The summed E-state index contributed by atoms with van der Waals surface area (Å²) in [4.78, 5) is 49.2. The average molecular weight is 630 g/mol. The Morgan fingerprint density at radius 2 is 1.74 bits per heavy atom. The van der Waals surface area contributed by atoms with Gasteiger partial charge in [-0.2, -0.15) is 0 Å². The Morgan fingerprint density at radius 3 is 2.37 bits per heavy atom. The minimum atomic E-state index is -1.17. The zero-order chi connectivity index (χ0) is 33.1. The van der Waals surface area contributed by atoms with Crippen LogP contribution in [0.1, 0.15) is 45.1 Å². The summed E-state index contributed by atoms with van der Waals surface area (Å²) in [6.45, 7) is 13.1. The molecular formula is C37H47N3O6. The maximum Gasteiger partial charge on any atom is 0.253 e. The molecule has 2 aromatic carbocycles. The van der Waals surface area contributed by atoms with Crippen molar-refractivity contribution in [1.82, 2.24) is 9.80 Å². The molecule has 9 nitrogen and oxygen atoms in total. The van der Waals surface area contributed by atoms with Gasteiger partial charge in [0, 0.05) is 38.5 Å². The number of aliphatic hydroxyl groups is 1. The third kappa shape index (κ3) is 5.75. The van der Waals surface area contributed by atoms with Crippen molar-refractivity contribution in [2.24, 2.45) is 17.8 Å². The van der Waals surface area contributed by atoms with Gasteiger partial charge in [-0.25, -0.2) is 0 Å². The Labute approximate surface area is 272 Å². The maximum atomic E-state index is 14.8. The fourth-order valence-corrected chi connectivity index (χ4v) is 7.96. The molecule has 2 aromatic rings. The Balaban J connectivity index is 1.56. The molecule has 3 aliphatic heterocycles. The van der Waals surface area contributed by atoms with Crippen molar-refractivity contribution in [2.45, 2.75) is 63.3 Å². The lowest BCUT2D eigenvalue weighted by atomic mass is 9.62. The second-order valence-electron chi connectivity index (χ2n) is 12.9. The minimum Gasteiger partial charge on any atom is -0.497 e. The van der Waals surface area contributed by atoms with Gasteiger partial charge >= 0.3 is 0 Å². The SMILES string of the molecule is C=CCN(Cc1ccccc1)C(=O)[C@H]1[C@H]2C(=O)N(CCCCCO)C(C(=O)N(CC=C)c3ccc(OC)cc3)C23CC(C)[C@]1(C)O3. The van der Waals surface area contributed by atoms with Crippen molar-refractivity contribution in [3.05, 3.63) is 85.5 Å². The second-order valence-corrected chi connectivity index (χ2v) is 12.9. The van der Waals surface area contributed by atoms with E-state index >= 15 is 0 Å². The van der Waals surface area contributed by atoms with E-state index < -0.39 is 29.1 Å². The topological polar surface area (TPSA) is 99.6 Å². The summed E-state index contributed by atoms with van der Waals surface area (Å²) in [7, 11) is 1.59. The number of unbranched alkanes of at least 4 members (excludes halogenated alkanes) is 2. The number of anilines is 1. The number of hydrogen-bond donors (Lipinski definition) is 1. The Morgan fingerprint density at radius 1 is 1.04 bits per heavy atom. The number of likely N-dealkylation sites (tertiary alicyclic amines) is 1. The molecule has 46 heavy (non-hydrogen) atoms. The van der Waals surface area contributed by atoms with Crippen molar-refractivity contribution in [3.8, 4) is 5.75 Å². The highest BCUT2D eigenvalue weighted by Gasteiger charge is 2.80. The van der Waals surface area contributed by atoms with E-state index in [1.807, 2.05) is 49.4 Å². The highest BCUT2D eigenvalue weighted by Crippen LogP contribution is 2.65. The molecule has 0 saturated carbocycles. The number of ether oxygens (including phenoxy) is 2. The van der Waals surface area contributed by atoms with E-state index in [4.69, 9.17) is 9.47 Å². The van der Waals surface area contributed by atoms with E-state index in [1.165, 1.54) is 0 Å². The van der Waals surface area contributed by atoms with Crippen LogP contribution in [-0.4, -0.2) is 83.2 Å². The molecule has 3 amide bonds. The van der Waals surface area contributed by atoms with E-state index in [0.717, 1.165) is 5.56 Å². The van der Waals surface area contributed by atoms with Gasteiger partial charge in [-0.3, -0.25) is 14.4 Å². The molecule has 3 unspecified atom stereocenters. The van der Waals surface area contributed by atoms with Crippen molar-refractivity contribution >= 4 is 23.4 Å². The van der Waals surface area contributed by atoms with E-state index in [-0.39, 0.29) is 36.8 Å².